The van der Waals surface area contributed by atoms with Gasteiger partial charge in [0.05, 0.1) is 11.9 Å². The molecule has 0 aliphatic carbocycles. The molecule has 0 atom stereocenters. The first kappa shape index (κ1) is 9.52. The van der Waals surface area contributed by atoms with Crippen LogP contribution in [0.3, 0.4) is 0 Å². The highest BCUT2D eigenvalue weighted by Gasteiger charge is 2.22. The molecule has 0 saturated carbocycles. The quantitative estimate of drug-likeness (QED) is 0.710. The van der Waals surface area contributed by atoms with Gasteiger partial charge in [0.1, 0.15) is 5.75 Å². The number of thiophene rings is 1. The largest absolute Gasteiger partial charge is 0.502 e. The number of benzene rings is 1. The summed E-state index contributed by atoms with van der Waals surface area (Å²) < 4.78 is 6.60. The average molecular weight is 208 g/mol. The van der Waals surface area contributed by atoms with Crippen LogP contribution in [0.15, 0.2) is 24.3 Å². The molecule has 5 heteroatoms. The van der Waals surface area contributed by atoms with Crippen molar-refractivity contribution in [3.05, 3.63) is 24.3 Å². The highest BCUT2D eigenvalue weighted by molar-refractivity contribution is 7.28. The summed E-state index contributed by atoms with van der Waals surface area (Å²) in [7, 11) is 0.0581. The van der Waals surface area contributed by atoms with E-state index in [2.05, 4.69) is 0 Å². The van der Waals surface area contributed by atoms with E-state index in [0.717, 1.165) is 10.1 Å². The molecule has 0 radical (unpaired) electrons. The number of hydrogen-bond donors (Lipinski definition) is 2. The summed E-state index contributed by atoms with van der Waals surface area (Å²) >= 11 is 1.33. The maximum atomic E-state index is 9.12. The van der Waals surface area contributed by atoms with Gasteiger partial charge in [0.15, 0.2) is 0 Å². The third-order valence-electron chi connectivity index (χ3n) is 2.01. The van der Waals surface area contributed by atoms with Crippen molar-refractivity contribution < 1.29 is 14.8 Å². The second-order valence-corrected chi connectivity index (χ2v) is 3.95. The maximum absolute atomic E-state index is 9.12. The zero-order valence-corrected chi connectivity index (χ0v) is 8.41. The Morgan fingerprint density at radius 1 is 1.29 bits per heavy atom. The van der Waals surface area contributed by atoms with Gasteiger partial charge in [0, 0.05) is 10.1 Å². The van der Waals surface area contributed by atoms with Crippen LogP contribution in [0, 0.1) is 0 Å². The second-order valence-electron chi connectivity index (χ2n) is 2.87. The number of rotatable bonds is 2. The Hall–Kier alpha value is -1.04. The van der Waals surface area contributed by atoms with E-state index in [4.69, 9.17) is 14.8 Å². The van der Waals surface area contributed by atoms with Gasteiger partial charge in [-0.15, -0.1) is 11.3 Å². The molecule has 1 aromatic carbocycles. The standard InChI is InChI=1S/C9H9BO3S/c1-13-8-6-4-2-3-5-7(6)14-9(8)10(11)12/h2-5,11-12H,1H3. The Morgan fingerprint density at radius 2 is 2.00 bits per heavy atom. The van der Waals surface area contributed by atoms with Crippen molar-refractivity contribution in [1.29, 1.82) is 0 Å². The molecule has 1 aromatic heterocycles. The zero-order valence-electron chi connectivity index (χ0n) is 7.60. The molecule has 0 aliphatic rings. The van der Waals surface area contributed by atoms with Crippen LogP contribution in [0.4, 0.5) is 0 Å². The lowest BCUT2D eigenvalue weighted by molar-refractivity contribution is 0.408. The van der Waals surface area contributed by atoms with Gasteiger partial charge in [0.25, 0.3) is 0 Å². The summed E-state index contributed by atoms with van der Waals surface area (Å²) in [5, 5.41) is 19.2. The van der Waals surface area contributed by atoms with Gasteiger partial charge in [-0.1, -0.05) is 12.1 Å². The number of hydrogen-bond acceptors (Lipinski definition) is 4. The van der Waals surface area contributed by atoms with Crippen LogP contribution in [0.1, 0.15) is 0 Å². The minimum absolute atomic E-state index is 0.453. The van der Waals surface area contributed by atoms with Crippen LogP contribution in [-0.4, -0.2) is 24.3 Å². The predicted molar refractivity (Wildman–Crippen MR) is 58.2 cm³/mol. The van der Waals surface area contributed by atoms with Crippen molar-refractivity contribution >= 4 is 33.3 Å². The minimum atomic E-state index is -1.47. The first-order valence-corrected chi connectivity index (χ1v) is 4.97. The Balaban J connectivity index is 2.72. The normalized spacial score (nSPS) is 10.5. The van der Waals surface area contributed by atoms with Gasteiger partial charge in [-0.2, -0.15) is 0 Å². The Labute approximate surface area is 85.7 Å². The molecule has 0 spiro atoms. The zero-order chi connectivity index (χ0) is 10.1. The van der Waals surface area contributed by atoms with Crippen molar-refractivity contribution in [2.45, 2.75) is 0 Å². The SMILES string of the molecule is COc1c(B(O)O)sc2ccccc12. The molecule has 0 aliphatic heterocycles. The van der Waals surface area contributed by atoms with E-state index in [1.807, 2.05) is 24.3 Å². The summed E-state index contributed by atoms with van der Waals surface area (Å²) in [6, 6.07) is 7.63. The summed E-state index contributed by atoms with van der Waals surface area (Å²) in [5.74, 6) is 0.556. The fourth-order valence-corrected chi connectivity index (χ4v) is 2.47. The van der Waals surface area contributed by atoms with Crippen molar-refractivity contribution in [3.8, 4) is 5.75 Å². The molecule has 1 heterocycles. The lowest BCUT2D eigenvalue weighted by Gasteiger charge is -2.00. The summed E-state index contributed by atoms with van der Waals surface area (Å²) in [6.07, 6.45) is 0. The summed E-state index contributed by atoms with van der Waals surface area (Å²) in [6.45, 7) is 0. The molecular formula is C9H9BO3S. The Kier molecular flexibility index (Phi) is 2.45. The number of methoxy groups -OCH3 is 1. The topological polar surface area (TPSA) is 49.7 Å². The minimum Gasteiger partial charge on any atom is -0.496 e. The van der Waals surface area contributed by atoms with Gasteiger partial charge in [0.2, 0.25) is 0 Å². The molecule has 0 amide bonds. The lowest BCUT2D eigenvalue weighted by Crippen LogP contribution is -2.27. The molecule has 2 N–H and O–H groups in total. The molecular weight excluding hydrogens is 199 g/mol. The molecule has 0 fully saturated rings. The van der Waals surface area contributed by atoms with Crippen LogP contribution in [-0.2, 0) is 0 Å². The molecule has 14 heavy (non-hydrogen) atoms. The van der Waals surface area contributed by atoms with Gasteiger partial charge in [-0.3, -0.25) is 0 Å². The fraction of sp³-hybridized carbons (Fsp3) is 0.111. The molecule has 0 unspecified atom stereocenters. The van der Waals surface area contributed by atoms with Crippen molar-refractivity contribution in [1.82, 2.24) is 0 Å². The highest BCUT2D eigenvalue weighted by atomic mass is 32.1. The molecule has 2 rings (SSSR count). The van der Waals surface area contributed by atoms with Gasteiger partial charge in [-0.05, 0) is 12.1 Å². The molecule has 72 valence electrons. The van der Waals surface area contributed by atoms with Gasteiger partial charge >= 0.3 is 7.12 Å². The van der Waals surface area contributed by atoms with E-state index in [1.165, 1.54) is 18.4 Å². The first-order chi connectivity index (χ1) is 6.74. The van der Waals surface area contributed by atoms with Crippen LogP contribution in [0.5, 0.6) is 5.75 Å². The van der Waals surface area contributed by atoms with Gasteiger partial charge in [-0.25, -0.2) is 0 Å². The molecule has 2 aromatic rings. The second kappa shape index (κ2) is 3.61. The van der Waals surface area contributed by atoms with E-state index in [0.29, 0.717) is 10.5 Å². The Bertz CT molecular complexity index is 452. The third-order valence-corrected chi connectivity index (χ3v) is 3.21. The number of fused-ring (bicyclic) bond motifs is 1. The monoisotopic (exact) mass is 208 g/mol. The van der Waals surface area contributed by atoms with E-state index >= 15 is 0 Å². The van der Waals surface area contributed by atoms with E-state index in [1.54, 1.807) is 0 Å². The van der Waals surface area contributed by atoms with Crippen molar-refractivity contribution in [2.24, 2.45) is 0 Å². The fourth-order valence-electron chi connectivity index (χ4n) is 1.42. The number of ether oxygens (including phenoxy) is 1. The molecule has 3 nitrogen and oxygen atoms in total. The van der Waals surface area contributed by atoms with Crippen molar-refractivity contribution in [3.63, 3.8) is 0 Å². The van der Waals surface area contributed by atoms with Crippen LogP contribution in [0.25, 0.3) is 10.1 Å². The average Bonchev–Trinajstić information content (AvgIpc) is 2.56. The van der Waals surface area contributed by atoms with Crippen LogP contribution in [0.2, 0.25) is 0 Å². The van der Waals surface area contributed by atoms with Crippen LogP contribution >= 0.6 is 11.3 Å². The van der Waals surface area contributed by atoms with E-state index in [-0.39, 0.29) is 0 Å². The van der Waals surface area contributed by atoms with E-state index < -0.39 is 7.12 Å². The lowest BCUT2D eigenvalue weighted by atomic mass is 9.88. The summed E-state index contributed by atoms with van der Waals surface area (Å²) in [5.41, 5.74) is 0. The van der Waals surface area contributed by atoms with Crippen molar-refractivity contribution in [2.75, 3.05) is 7.11 Å². The highest BCUT2D eigenvalue weighted by Crippen LogP contribution is 2.29. The van der Waals surface area contributed by atoms with Gasteiger partial charge < -0.3 is 14.8 Å². The molecule has 0 bridgehead atoms. The molecule has 0 saturated heterocycles. The van der Waals surface area contributed by atoms with E-state index in [9.17, 15) is 0 Å². The van der Waals surface area contributed by atoms with Crippen LogP contribution < -0.4 is 9.51 Å². The smallest absolute Gasteiger partial charge is 0.496 e. The predicted octanol–water partition coefficient (Wildman–Crippen LogP) is 0.590. The third kappa shape index (κ3) is 1.39. The Morgan fingerprint density at radius 3 is 2.64 bits per heavy atom. The summed E-state index contributed by atoms with van der Waals surface area (Å²) in [4.78, 5) is 0. The maximum Gasteiger partial charge on any atom is 0.502 e. The first-order valence-electron chi connectivity index (χ1n) is 4.15.